The molecule has 12 nitrogen and oxygen atoms in total. The van der Waals surface area contributed by atoms with Gasteiger partial charge in [-0.1, -0.05) is 203 Å². The number of nitrogens with two attached hydrogens (primary N) is 1. The molecule has 0 aliphatic carbocycles. The van der Waals surface area contributed by atoms with E-state index < -0.39 is 40.9 Å². The van der Waals surface area contributed by atoms with Crippen molar-refractivity contribution in [1.82, 2.24) is 25.4 Å². The molecule has 4 heterocycles. The van der Waals surface area contributed by atoms with Gasteiger partial charge in [-0.3, -0.25) is 14.5 Å². The molecule has 2 aromatic heterocycles. The molecule has 0 radical (unpaired) electrons. The van der Waals surface area contributed by atoms with Gasteiger partial charge in [0.05, 0.1) is 0 Å². The Morgan fingerprint density at radius 2 is 1.38 bits per heavy atom. The average molecular weight is 929 g/mol. The van der Waals surface area contributed by atoms with Crippen molar-refractivity contribution in [1.29, 1.82) is 0 Å². The van der Waals surface area contributed by atoms with Crippen LogP contribution in [0.15, 0.2) is 177 Å². The van der Waals surface area contributed by atoms with Crippen LogP contribution in [-0.2, 0) is 29.6 Å². The van der Waals surface area contributed by atoms with Crippen LogP contribution in [0.4, 0.5) is 5.13 Å². The highest BCUT2D eigenvalue weighted by atomic mass is 35.5. The van der Waals surface area contributed by atoms with Gasteiger partial charge >= 0.3 is 5.97 Å². The summed E-state index contributed by atoms with van der Waals surface area (Å²) in [5, 5.41) is 15.0. The number of rotatable bonds is 14. The number of anilines is 1. The van der Waals surface area contributed by atoms with E-state index in [0.29, 0.717) is 15.0 Å². The largest absolute Gasteiger partial charge is 0.448 e. The Bertz CT molecular complexity index is 2670. The van der Waals surface area contributed by atoms with Crippen LogP contribution in [0, 0.1) is 0 Å². The molecule has 2 aliphatic heterocycles. The van der Waals surface area contributed by atoms with Crippen molar-refractivity contribution in [3.63, 3.8) is 0 Å². The first kappa shape index (κ1) is 42.0. The number of β-lactam (4-membered cyclic amide) rings is 1. The monoisotopic (exact) mass is 927 g/mol. The number of hydrogen-bond donors (Lipinski definition) is 2. The van der Waals surface area contributed by atoms with Gasteiger partial charge in [0.1, 0.15) is 32.7 Å². The number of esters is 1. The SMILES string of the molecule is Nc1nc(C(=NOC(c2ccccc2)(c2ccccc2)c2ccccc2)C(=O)NC2C(=O)N3C(C(=O)OC(c4ccccc4)c4ccccc4)=C(Sc4nncs4)CSC23)c(Cl)s1. The van der Waals surface area contributed by atoms with E-state index >= 15 is 0 Å². The summed E-state index contributed by atoms with van der Waals surface area (Å²) in [6, 6.07) is 46.2. The lowest BCUT2D eigenvalue weighted by atomic mass is 9.80. The summed E-state index contributed by atoms with van der Waals surface area (Å²) >= 11 is 11.6. The Morgan fingerprint density at radius 3 is 1.87 bits per heavy atom. The molecule has 63 heavy (non-hydrogen) atoms. The van der Waals surface area contributed by atoms with Gasteiger partial charge in [-0.05, 0) is 11.1 Å². The second-order valence-corrected chi connectivity index (χ2v) is 18.9. The van der Waals surface area contributed by atoms with E-state index in [1.54, 1.807) is 5.51 Å². The molecule has 0 spiro atoms. The third-order valence-corrected chi connectivity index (χ3v) is 14.7. The van der Waals surface area contributed by atoms with Crippen molar-refractivity contribution in [3.8, 4) is 0 Å². The summed E-state index contributed by atoms with van der Waals surface area (Å²) < 4.78 is 7.00. The number of benzene rings is 5. The predicted octanol–water partition coefficient (Wildman–Crippen LogP) is 8.68. The number of ether oxygens (including phenoxy) is 1. The van der Waals surface area contributed by atoms with Crippen molar-refractivity contribution >= 4 is 86.4 Å². The molecular formula is C46H34ClN7O5S4. The number of amides is 2. The Hall–Kier alpha value is -6.30. The van der Waals surface area contributed by atoms with Crippen LogP contribution >= 0.6 is 57.8 Å². The van der Waals surface area contributed by atoms with E-state index in [-0.39, 0.29) is 26.6 Å². The van der Waals surface area contributed by atoms with Crippen molar-refractivity contribution < 1.29 is 24.0 Å². The topological polar surface area (TPSA) is 162 Å². The molecule has 7 aromatic rings. The average Bonchev–Trinajstić information content (AvgIpc) is 3.97. The van der Waals surface area contributed by atoms with Crippen LogP contribution in [0.5, 0.6) is 0 Å². The second-order valence-electron chi connectivity index (χ2n) is 14.0. The van der Waals surface area contributed by atoms with Crippen LogP contribution in [0.1, 0.15) is 39.6 Å². The number of thioether (sulfide) groups is 2. The van der Waals surface area contributed by atoms with Crippen molar-refractivity contribution in [2.75, 3.05) is 11.5 Å². The fourth-order valence-corrected chi connectivity index (χ4v) is 11.4. The quantitative estimate of drug-likeness (QED) is 0.0353. The minimum atomic E-state index is -1.36. The van der Waals surface area contributed by atoms with Gasteiger partial charge in [0.15, 0.2) is 21.3 Å². The van der Waals surface area contributed by atoms with Gasteiger partial charge in [-0.2, -0.15) is 0 Å². The number of fused-ring (bicyclic) bond motifs is 1. The van der Waals surface area contributed by atoms with Crippen LogP contribution in [-0.4, -0.2) is 60.7 Å². The van der Waals surface area contributed by atoms with E-state index in [1.807, 2.05) is 152 Å². The Kier molecular flexibility index (Phi) is 12.4. The molecule has 314 valence electrons. The molecule has 2 atom stereocenters. The molecule has 2 amide bonds. The zero-order valence-corrected chi connectivity index (χ0v) is 36.8. The maximum absolute atomic E-state index is 14.6. The fraction of sp³-hybridized carbons (Fsp3) is 0.109. The first-order valence-corrected chi connectivity index (χ1v) is 23.3. The first-order chi connectivity index (χ1) is 30.8. The standard InChI is InChI=1S/C46H34ClN7O5S4/c47-39-34(51-44(48)63-39)35(53-59-46(30-20-10-3-11-21-30,31-22-12-4-13-23-31)32-24-14-5-15-25-32)40(55)50-36-41(56)54-37(33(26-60-42(36)54)62-45-52-49-27-61-45)43(57)58-38(28-16-6-1-7-17-28)29-18-8-2-9-19-29/h1-25,27,36,38,42H,26H2,(H2,48,51)(H,50,55). The normalized spacial score (nSPS) is 16.3. The Morgan fingerprint density at radius 1 is 0.841 bits per heavy atom. The predicted molar refractivity (Wildman–Crippen MR) is 247 cm³/mol. The highest BCUT2D eigenvalue weighted by Crippen LogP contribution is 2.47. The van der Waals surface area contributed by atoms with Crippen LogP contribution in [0.3, 0.4) is 0 Å². The summed E-state index contributed by atoms with van der Waals surface area (Å²) in [6.45, 7) is 0. The maximum atomic E-state index is 14.6. The molecule has 0 saturated carbocycles. The number of nitrogens with zero attached hydrogens (tertiary/aromatic N) is 5. The molecular weight excluding hydrogens is 894 g/mol. The highest BCUT2D eigenvalue weighted by molar-refractivity contribution is 8.07. The lowest BCUT2D eigenvalue weighted by Gasteiger charge is -2.49. The number of hydrogen-bond acceptors (Lipinski definition) is 14. The van der Waals surface area contributed by atoms with Gasteiger partial charge in [-0.25, -0.2) is 9.78 Å². The summed E-state index contributed by atoms with van der Waals surface area (Å²) in [5.41, 5.74) is 9.78. The van der Waals surface area contributed by atoms with Gasteiger partial charge < -0.3 is 20.6 Å². The van der Waals surface area contributed by atoms with E-state index in [1.165, 1.54) is 39.8 Å². The zero-order valence-electron chi connectivity index (χ0n) is 32.8. The fourth-order valence-electron chi connectivity index (χ4n) is 7.37. The minimum Gasteiger partial charge on any atom is -0.448 e. The number of thiazole rings is 1. The number of nitrogen functional groups attached to an aromatic ring is 1. The van der Waals surface area contributed by atoms with E-state index in [9.17, 15) is 14.4 Å². The number of carbonyl (C=O) groups is 3. The molecule has 5 aromatic carbocycles. The zero-order chi connectivity index (χ0) is 43.3. The number of nitrogens with one attached hydrogen (secondary N) is 1. The number of aromatic nitrogens is 3. The van der Waals surface area contributed by atoms with E-state index in [0.717, 1.165) is 39.2 Å². The van der Waals surface area contributed by atoms with Crippen molar-refractivity contribution in [2.45, 2.75) is 27.5 Å². The van der Waals surface area contributed by atoms with Gasteiger partial charge in [-0.15, -0.1) is 22.0 Å². The third-order valence-electron chi connectivity index (χ3n) is 10.2. The Balaban J connectivity index is 1.06. The summed E-state index contributed by atoms with van der Waals surface area (Å²) in [6.07, 6.45) is -0.774. The van der Waals surface area contributed by atoms with Crippen LogP contribution < -0.4 is 11.1 Å². The number of carbonyl (C=O) groups excluding carboxylic acids is 3. The van der Waals surface area contributed by atoms with Crippen molar-refractivity contribution in [2.24, 2.45) is 5.16 Å². The van der Waals surface area contributed by atoms with Crippen LogP contribution in [0.25, 0.3) is 0 Å². The molecule has 1 fully saturated rings. The summed E-state index contributed by atoms with van der Waals surface area (Å²) in [5.74, 6) is -1.72. The van der Waals surface area contributed by atoms with Crippen LogP contribution in [0.2, 0.25) is 4.34 Å². The molecule has 1 saturated heterocycles. The van der Waals surface area contributed by atoms with E-state index in [4.69, 9.17) is 26.9 Å². The minimum absolute atomic E-state index is 0.0209. The lowest BCUT2D eigenvalue weighted by Crippen LogP contribution is -2.71. The maximum Gasteiger partial charge on any atom is 0.356 e. The first-order valence-electron chi connectivity index (χ1n) is 19.4. The molecule has 9 rings (SSSR count). The van der Waals surface area contributed by atoms with Gasteiger partial charge in [0, 0.05) is 27.3 Å². The number of oxime groups is 1. The Labute approximate surface area is 383 Å². The lowest BCUT2D eigenvalue weighted by molar-refractivity contribution is -0.154. The third kappa shape index (κ3) is 8.47. The molecule has 3 N–H and O–H groups in total. The second kappa shape index (κ2) is 18.6. The highest BCUT2D eigenvalue weighted by Gasteiger charge is 2.55. The molecule has 2 unspecified atom stereocenters. The van der Waals surface area contributed by atoms with Gasteiger partial charge in [0.25, 0.3) is 11.8 Å². The molecule has 2 aliphatic rings. The van der Waals surface area contributed by atoms with Gasteiger partial charge in [0.2, 0.25) is 5.60 Å². The summed E-state index contributed by atoms with van der Waals surface area (Å²) in [7, 11) is 0. The summed E-state index contributed by atoms with van der Waals surface area (Å²) in [4.78, 5) is 56.6. The molecule has 17 heteroatoms. The van der Waals surface area contributed by atoms with Crippen molar-refractivity contribution in [3.05, 3.63) is 206 Å². The van der Waals surface area contributed by atoms with E-state index in [2.05, 4.69) is 25.7 Å². The smallest absolute Gasteiger partial charge is 0.356 e. The molecule has 0 bridgehead atoms. The number of halogens is 1.